The summed E-state index contributed by atoms with van der Waals surface area (Å²) in [6.45, 7) is 6.03. The quantitative estimate of drug-likeness (QED) is 0.751. The molecule has 2 atom stereocenters. The van der Waals surface area contributed by atoms with Gasteiger partial charge in [-0.25, -0.2) is 4.79 Å². The SMILES string of the molecule is CC(C)(C)NC(=O)N1CC[C@@H](O)[C@](CCCc2ccccc2)(C(=O)O)C1. The van der Waals surface area contributed by atoms with E-state index in [-0.39, 0.29) is 19.0 Å². The summed E-state index contributed by atoms with van der Waals surface area (Å²) in [6.07, 6.45) is 1.04. The second-order valence-electron chi connectivity index (χ2n) is 8.21. The normalized spacial score (nSPS) is 23.5. The van der Waals surface area contributed by atoms with E-state index in [2.05, 4.69) is 5.32 Å². The zero-order valence-corrected chi connectivity index (χ0v) is 15.9. The summed E-state index contributed by atoms with van der Waals surface area (Å²) in [4.78, 5) is 26.1. The number of urea groups is 1. The number of aliphatic hydroxyl groups excluding tert-OH is 1. The average Bonchev–Trinajstić information content (AvgIpc) is 2.55. The Morgan fingerprint density at radius 1 is 1.27 bits per heavy atom. The first kappa shape index (κ1) is 20.2. The number of rotatable bonds is 5. The first-order valence-corrected chi connectivity index (χ1v) is 9.16. The maximum absolute atomic E-state index is 12.5. The van der Waals surface area contributed by atoms with E-state index in [4.69, 9.17) is 0 Å². The van der Waals surface area contributed by atoms with Crippen molar-refractivity contribution in [2.75, 3.05) is 13.1 Å². The van der Waals surface area contributed by atoms with Gasteiger partial charge in [-0.1, -0.05) is 30.3 Å². The van der Waals surface area contributed by atoms with E-state index in [0.29, 0.717) is 19.4 Å². The van der Waals surface area contributed by atoms with Crippen LogP contribution in [0.5, 0.6) is 0 Å². The molecule has 6 nitrogen and oxygen atoms in total. The molecule has 1 aromatic carbocycles. The summed E-state index contributed by atoms with van der Waals surface area (Å²) < 4.78 is 0. The summed E-state index contributed by atoms with van der Waals surface area (Å²) in [5, 5.41) is 23.2. The van der Waals surface area contributed by atoms with Gasteiger partial charge in [0, 0.05) is 18.6 Å². The molecule has 2 amide bonds. The number of carbonyl (C=O) groups excluding carboxylic acids is 1. The molecule has 1 aliphatic rings. The number of aryl methyl sites for hydroxylation is 1. The second kappa shape index (κ2) is 8.08. The molecule has 0 unspecified atom stereocenters. The second-order valence-corrected chi connectivity index (χ2v) is 8.21. The minimum absolute atomic E-state index is 0.0280. The van der Waals surface area contributed by atoms with E-state index in [0.717, 1.165) is 12.0 Å². The van der Waals surface area contributed by atoms with Crippen molar-refractivity contribution in [3.8, 4) is 0 Å². The molecular weight excluding hydrogens is 332 g/mol. The van der Waals surface area contributed by atoms with E-state index in [1.54, 1.807) is 0 Å². The zero-order valence-electron chi connectivity index (χ0n) is 15.9. The van der Waals surface area contributed by atoms with Gasteiger partial charge in [-0.2, -0.15) is 0 Å². The molecule has 3 N–H and O–H groups in total. The summed E-state index contributed by atoms with van der Waals surface area (Å²) >= 11 is 0. The number of nitrogens with zero attached hydrogens (tertiary/aromatic N) is 1. The van der Waals surface area contributed by atoms with Gasteiger partial charge < -0.3 is 20.4 Å². The summed E-state index contributed by atoms with van der Waals surface area (Å²) in [7, 11) is 0. The molecule has 0 spiro atoms. The van der Waals surface area contributed by atoms with Gasteiger partial charge >= 0.3 is 12.0 Å². The van der Waals surface area contributed by atoms with Gasteiger partial charge in [0.1, 0.15) is 5.41 Å². The Labute approximate surface area is 155 Å². The van der Waals surface area contributed by atoms with Crippen LogP contribution < -0.4 is 5.32 Å². The number of benzene rings is 1. The van der Waals surface area contributed by atoms with Crippen LogP contribution in [-0.4, -0.2) is 51.8 Å². The summed E-state index contributed by atoms with van der Waals surface area (Å²) in [6, 6.07) is 9.59. The molecule has 0 bridgehead atoms. The molecule has 1 saturated heterocycles. The van der Waals surface area contributed by atoms with E-state index < -0.39 is 23.0 Å². The van der Waals surface area contributed by atoms with Gasteiger partial charge in [-0.3, -0.25) is 4.79 Å². The van der Waals surface area contributed by atoms with E-state index in [9.17, 15) is 19.8 Å². The Hall–Kier alpha value is -2.08. The van der Waals surface area contributed by atoms with Gasteiger partial charge in [0.05, 0.1) is 6.10 Å². The third-order valence-corrected chi connectivity index (χ3v) is 4.91. The monoisotopic (exact) mass is 362 g/mol. The number of hydrogen-bond acceptors (Lipinski definition) is 3. The number of aliphatic hydroxyl groups is 1. The van der Waals surface area contributed by atoms with E-state index in [1.165, 1.54) is 4.90 Å². The molecule has 0 aliphatic carbocycles. The molecule has 6 heteroatoms. The molecule has 0 radical (unpaired) electrons. The molecule has 1 fully saturated rings. The molecule has 0 aromatic heterocycles. The lowest BCUT2D eigenvalue weighted by atomic mass is 9.73. The first-order chi connectivity index (χ1) is 12.1. The Bertz CT molecular complexity index is 626. The molecule has 1 aliphatic heterocycles. The fourth-order valence-electron chi connectivity index (χ4n) is 3.47. The molecule has 26 heavy (non-hydrogen) atoms. The van der Waals surface area contributed by atoms with Crippen LogP contribution in [0.3, 0.4) is 0 Å². The van der Waals surface area contributed by atoms with Crippen LogP contribution >= 0.6 is 0 Å². The number of carboxylic acid groups (broad SMARTS) is 1. The molecule has 1 heterocycles. The van der Waals surface area contributed by atoms with Gasteiger partial charge in [0.25, 0.3) is 0 Å². The van der Waals surface area contributed by atoms with Crippen molar-refractivity contribution in [3.05, 3.63) is 35.9 Å². The fourth-order valence-corrected chi connectivity index (χ4v) is 3.47. The van der Waals surface area contributed by atoms with E-state index >= 15 is 0 Å². The van der Waals surface area contributed by atoms with Crippen molar-refractivity contribution < 1.29 is 19.8 Å². The first-order valence-electron chi connectivity index (χ1n) is 9.16. The zero-order chi connectivity index (χ0) is 19.4. The van der Waals surface area contributed by atoms with Crippen molar-refractivity contribution >= 4 is 12.0 Å². The van der Waals surface area contributed by atoms with Crippen LogP contribution in [0.15, 0.2) is 30.3 Å². The topological polar surface area (TPSA) is 89.9 Å². The largest absolute Gasteiger partial charge is 0.481 e. The minimum Gasteiger partial charge on any atom is -0.481 e. The molecule has 0 saturated carbocycles. The predicted molar refractivity (Wildman–Crippen MR) is 99.9 cm³/mol. The number of piperidine rings is 1. The smallest absolute Gasteiger partial charge is 0.317 e. The van der Waals surface area contributed by atoms with Crippen molar-refractivity contribution in [2.45, 2.75) is 58.1 Å². The molecular formula is C20H30N2O4. The van der Waals surface area contributed by atoms with Crippen molar-refractivity contribution in [1.82, 2.24) is 10.2 Å². The lowest BCUT2D eigenvalue weighted by Crippen LogP contribution is -2.60. The maximum atomic E-state index is 12.5. The van der Waals surface area contributed by atoms with Crippen LogP contribution in [0, 0.1) is 5.41 Å². The van der Waals surface area contributed by atoms with Gasteiger partial charge in [0.15, 0.2) is 0 Å². The highest BCUT2D eigenvalue weighted by Crippen LogP contribution is 2.36. The highest BCUT2D eigenvalue weighted by atomic mass is 16.4. The minimum atomic E-state index is -1.32. The Balaban J connectivity index is 2.08. The molecule has 2 rings (SSSR count). The summed E-state index contributed by atoms with van der Waals surface area (Å²) in [5.74, 6) is -1.04. The van der Waals surface area contributed by atoms with Crippen LogP contribution in [0.25, 0.3) is 0 Å². The number of amides is 2. The van der Waals surface area contributed by atoms with Gasteiger partial charge in [0.2, 0.25) is 0 Å². The predicted octanol–water partition coefficient (Wildman–Crippen LogP) is 2.66. The number of hydrogen-bond donors (Lipinski definition) is 3. The third kappa shape index (κ3) is 4.97. The van der Waals surface area contributed by atoms with Gasteiger partial charge in [-0.15, -0.1) is 0 Å². The van der Waals surface area contributed by atoms with Crippen LogP contribution in [0.4, 0.5) is 4.79 Å². The van der Waals surface area contributed by atoms with Crippen molar-refractivity contribution in [3.63, 3.8) is 0 Å². The highest BCUT2D eigenvalue weighted by molar-refractivity contribution is 5.79. The lowest BCUT2D eigenvalue weighted by molar-refractivity contribution is -0.162. The Morgan fingerprint density at radius 2 is 1.92 bits per heavy atom. The summed E-state index contributed by atoms with van der Waals surface area (Å²) in [5.41, 5.74) is -0.574. The number of aliphatic carboxylic acids is 1. The molecule has 1 aromatic rings. The molecule has 144 valence electrons. The number of likely N-dealkylation sites (tertiary alicyclic amines) is 1. The highest BCUT2D eigenvalue weighted by Gasteiger charge is 2.49. The van der Waals surface area contributed by atoms with Gasteiger partial charge in [-0.05, 0) is 52.0 Å². The van der Waals surface area contributed by atoms with Crippen molar-refractivity contribution in [1.29, 1.82) is 0 Å². The average molecular weight is 362 g/mol. The third-order valence-electron chi connectivity index (χ3n) is 4.91. The lowest BCUT2D eigenvalue weighted by Gasteiger charge is -2.44. The van der Waals surface area contributed by atoms with Crippen molar-refractivity contribution in [2.24, 2.45) is 5.41 Å². The van der Waals surface area contributed by atoms with Crippen LogP contribution in [0.2, 0.25) is 0 Å². The standard InChI is InChI=1S/C20H30N2O4/c1-19(2,3)21-18(26)22-13-11-16(23)20(14-22,17(24)25)12-7-10-15-8-5-4-6-9-15/h4-6,8-9,16,23H,7,10-14H2,1-3H3,(H,21,26)(H,24,25)/t16-,20-/m1/s1. The Morgan fingerprint density at radius 3 is 2.50 bits per heavy atom. The van der Waals surface area contributed by atoms with Crippen LogP contribution in [0.1, 0.15) is 45.6 Å². The Kier molecular flexibility index (Phi) is 6.29. The fraction of sp³-hybridized carbons (Fsp3) is 0.600. The maximum Gasteiger partial charge on any atom is 0.317 e. The van der Waals surface area contributed by atoms with E-state index in [1.807, 2.05) is 51.1 Å². The van der Waals surface area contributed by atoms with Crippen LogP contribution in [-0.2, 0) is 11.2 Å². The number of nitrogens with one attached hydrogen (secondary N) is 1. The number of carbonyl (C=O) groups is 2. The number of carboxylic acids is 1.